The second-order valence-electron chi connectivity index (χ2n) is 7.38. The van der Waals surface area contributed by atoms with Crippen molar-refractivity contribution in [1.29, 1.82) is 5.26 Å². The van der Waals surface area contributed by atoms with Gasteiger partial charge in [0.15, 0.2) is 0 Å². The van der Waals surface area contributed by atoms with Crippen LogP contribution in [0.5, 0.6) is 0 Å². The molecule has 0 spiro atoms. The molecular formula is C21H23FN6O2. The Morgan fingerprint density at radius 3 is 2.80 bits per heavy atom. The van der Waals surface area contributed by atoms with Crippen molar-refractivity contribution in [2.75, 3.05) is 18.4 Å². The highest BCUT2D eigenvalue weighted by molar-refractivity contribution is 5.99. The van der Waals surface area contributed by atoms with Crippen LogP contribution < -0.4 is 10.6 Å². The molecule has 3 aromatic heterocycles. The number of nitriles is 1. The Labute approximate surface area is 173 Å². The molecule has 3 N–H and O–H groups in total. The fraction of sp³-hybridized carbons (Fsp3) is 0.333. The molecule has 3 aromatic rings. The van der Waals surface area contributed by atoms with E-state index < -0.39 is 17.7 Å². The Morgan fingerprint density at radius 1 is 1.37 bits per heavy atom. The summed E-state index contributed by atoms with van der Waals surface area (Å²) in [7, 11) is 0. The summed E-state index contributed by atoms with van der Waals surface area (Å²) in [6.07, 6.45) is 3.08. The van der Waals surface area contributed by atoms with Gasteiger partial charge in [-0.1, -0.05) is 0 Å². The summed E-state index contributed by atoms with van der Waals surface area (Å²) in [5.41, 5.74) is 0.347. The lowest BCUT2D eigenvalue weighted by Crippen LogP contribution is -2.42. The summed E-state index contributed by atoms with van der Waals surface area (Å²) in [6.45, 7) is 4.83. The molecule has 0 aromatic carbocycles. The fourth-order valence-corrected chi connectivity index (χ4v) is 2.89. The quantitative estimate of drug-likeness (QED) is 0.551. The third kappa shape index (κ3) is 4.39. The van der Waals surface area contributed by atoms with Crippen LogP contribution in [0, 0.1) is 11.3 Å². The van der Waals surface area contributed by atoms with Crippen LogP contribution in [0.25, 0.3) is 16.9 Å². The molecule has 1 amide bonds. The molecule has 3 heterocycles. The van der Waals surface area contributed by atoms with Gasteiger partial charge in [0, 0.05) is 36.6 Å². The number of aromatic nitrogens is 3. The van der Waals surface area contributed by atoms with E-state index in [2.05, 4.69) is 26.7 Å². The van der Waals surface area contributed by atoms with Crippen molar-refractivity contribution < 1.29 is 14.3 Å². The zero-order valence-electron chi connectivity index (χ0n) is 17.0. The Kier molecular flexibility index (Phi) is 5.99. The van der Waals surface area contributed by atoms with E-state index in [1.807, 2.05) is 13.0 Å². The normalized spacial score (nSPS) is 12.4. The van der Waals surface area contributed by atoms with Crippen LogP contribution in [0.3, 0.4) is 0 Å². The molecule has 8 nitrogen and oxygen atoms in total. The van der Waals surface area contributed by atoms with Crippen LogP contribution in [0.4, 0.5) is 10.1 Å². The molecule has 0 aliphatic heterocycles. The number of fused-ring (bicyclic) bond motifs is 1. The number of halogens is 1. The van der Waals surface area contributed by atoms with Gasteiger partial charge in [0.25, 0.3) is 5.91 Å². The molecule has 0 saturated carbocycles. The predicted molar refractivity (Wildman–Crippen MR) is 111 cm³/mol. The van der Waals surface area contributed by atoms with Crippen LogP contribution in [0.15, 0.2) is 36.8 Å². The first kappa shape index (κ1) is 21.2. The van der Waals surface area contributed by atoms with Gasteiger partial charge in [-0.3, -0.25) is 9.36 Å². The number of hydrogen-bond donors (Lipinski definition) is 3. The largest absolute Gasteiger partial charge is 0.387 e. The monoisotopic (exact) mass is 410 g/mol. The van der Waals surface area contributed by atoms with Crippen molar-refractivity contribution >= 4 is 22.6 Å². The molecular weight excluding hydrogens is 387 g/mol. The molecule has 0 aliphatic carbocycles. The molecule has 0 fully saturated rings. The van der Waals surface area contributed by atoms with Crippen molar-refractivity contribution in [3.05, 3.63) is 47.9 Å². The standard InChI is InChI=1S/C21H23FN6O2/c1-4-24-16-8-18(28-6-5-14-7-13(9-23)10-26-19(14)28)25-11-15(16)20(29)27-12-17(22)21(2,3)30/h5-8,10-11,17,30H,4,12H2,1-3H3,(H,24,25)(H,27,29). The second-order valence-corrected chi connectivity index (χ2v) is 7.38. The smallest absolute Gasteiger partial charge is 0.255 e. The van der Waals surface area contributed by atoms with Gasteiger partial charge in [-0.05, 0) is 32.9 Å². The Balaban J connectivity index is 1.90. The summed E-state index contributed by atoms with van der Waals surface area (Å²) in [6, 6.07) is 7.34. The highest BCUT2D eigenvalue weighted by atomic mass is 19.1. The molecule has 0 bridgehead atoms. The molecule has 156 valence electrons. The summed E-state index contributed by atoms with van der Waals surface area (Å²) in [5.74, 6) is 0.0422. The number of anilines is 1. The zero-order valence-corrected chi connectivity index (χ0v) is 17.0. The van der Waals surface area contributed by atoms with Crippen molar-refractivity contribution in [2.24, 2.45) is 0 Å². The minimum Gasteiger partial charge on any atom is -0.387 e. The van der Waals surface area contributed by atoms with Gasteiger partial charge in [-0.25, -0.2) is 14.4 Å². The molecule has 9 heteroatoms. The number of alkyl halides is 1. The number of aliphatic hydroxyl groups is 1. The van der Waals surface area contributed by atoms with Crippen molar-refractivity contribution in [3.8, 4) is 11.9 Å². The van der Waals surface area contributed by atoms with Gasteiger partial charge < -0.3 is 15.7 Å². The maximum absolute atomic E-state index is 14.0. The summed E-state index contributed by atoms with van der Waals surface area (Å²) < 4.78 is 15.7. The number of carbonyl (C=O) groups excluding carboxylic acids is 1. The molecule has 3 rings (SSSR count). The lowest BCUT2D eigenvalue weighted by atomic mass is 10.0. The summed E-state index contributed by atoms with van der Waals surface area (Å²) in [4.78, 5) is 21.3. The Hall–Kier alpha value is -3.51. The first-order valence-electron chi connectivity index (χ1n) is 9.50. The topological polar surface area (TPSA) is 116 Å². The highest BCUT2D eigenvalue weighted by Crippen LogP contribution is 2.23. The number of nitrogens with one attached hydrogen (secondary N) is 2. The maximum Gasteiger partial charge on any atom is 0.255 e. The van der Waals surface area contributed by atoms with E-state index in [4.69, 9.17) is 5.26 Å². The van der Waals surface area contributed by atoms with E-state index in [1.54, 1.807) is 22.9 Å². The number of nitrogens with zero attached hydrogens (tertiary/aromatic N) is 4. The number of hydrogen-bond acceptors (Lipinski definition) is 6. The first-order chi connectivity index (χ1) is 14.2. The number of pyridine rings is 2. The van der Waals surface area contributed by atoms with Gasteiger partial charge in [-0.2, -0.15) is 5.26 Å². The number of rotatable bonds is 7. The maximum atomic E-state index is 14.0. The van der Waals surface area contributed by atoms with E-state index in [9.17, 15) is 14.3 Å². The fourth-order valence-electron chi connectivity index (χ4n) is 2.89. The SMILES string of the molecule is CCNc1cc(-n2ccc3cc(C#N)cnc32)ncc1C(=O)NCC(F)C(C)(C)O. The summed E-state index contributed by atoms with van der Waals surface area (Å²) >= 11 is 0. The average Bonchev–Trinajstić information content (AvgIpc) is 3.14. The molecule has 1 unspecified atom stereocenters. The highest BCUT2D eigenvalue weighted by Gasteiger charge is 2.27. The van der Waals surface area contributed by atoms with Gasteiger partial charge >= 0.3 is 0 Å². The minimum atomic E-state index is -1.60. The molecule has 0 aliphatic rings. The zero-order chi connectivity index (χ0) is 21.9. The van der Waals surface area contributed by atoms with Gasteiger partial charge in [0.2, 0.25) is 0 Å². The van der Waals surface area contributed by atoms with Crippen LogP contribution >= 0.6 is 0 Å². The third-order valence-electron chi connectivity index (χ3n) is 4.61. The lowest BCUT2D eigenvalue weighted by molar-refractivity contribution is -0.00177. The predicted octanol–water partition coefficient (Wildman–Crippen LogP) is 2.56. The first-order valence-corrected chi connectivity index (χ1v) is 9.50. The van der Waals surface area contributed by atoms with E-state index in [1.165, 1.54) is 26.2 Å². The number of amides is 1. The molecule has 0 saturated heterocycles. The van der Waals surface area contributed by atoms with Crippen LogP contribution in [0.2, 0.25) is 0 Å². The van der Waals surface area contributed by atoms with E-state index >= 15 is 0 Å². The van der Waals surface area contributed by atoms with Crippen LogP contribution in [0.1, 0.15) is 36.7 Å². The summed E-state index contributed by atoms with van der Waals surface area (Å²) in [5, 5.41) is 25.1. The van der Waals surface area contributed by atoms with E-state index in [0.717, 1.165) is 5.39 Å². The van der Waals surface area contributed by atoms with E-state index in [-0.39, 0.29) is 12.1 Å². The van der Waals surface area contributed by atoms with Crippen molar-refractivity contribution in [2.45, 2.75) is 32.5 Å². The minimum absolute atomic E-state index is 0.264. The molecule has 30 heavy (non-hydrogen) atoms. The van der Waals surface area contributed by atoms with Gasteiger partial charge in [0.05, 0.1) is 29.0 Å². The second kappa shape index (κ2) is 8.47. The third-order valence-corrected chi connectivity index (χ3v) is 4.61. The van der Waals surface area contributed by atoms with Crippen molar-refractivity contribution in [3.63, 3.8) is 0 Å². The Bertz CT molecular complexity index is 1110. The van der Waals surface area contributed by atoms with Gasteiger partial charge in [-0.15, -0.1) is 0 Å². The Morgan fingerprint density at radius 2 is 2.13 bits per heavy atom. The molecule has 1 atom stereocenters. The lowest BCUT2D eigenvalue weighted by Gasteiger charge is -2.22. The van der Waals surface area contributed by atoms with Crippen molar-refractivity contribution in [1.82, 2.24) is 19.9 Å². The number of carbonyl (C=O) groups is 1. The van der Waals surface area contributed by atoms with Gasteiger partial charge in [0.1, 0.15) is 23.7 Å². The van der Waals surface area contributed by atoms with E-state index in [0.29, 0.717) is 29.3 Å². The van der Waals surface area contributed by atoms with Crippen LogP contribution in [-0.4, -0.2) is 50.4 Å². The average molecular weight is 410 g/mol. The molecule has 0 radical (unpaired) electrons. The van der Waals surface area contributed by atoms with Crippen LogP contribution in [-0.2, 0) is 0 Å².